The maximum atomic E-state index is 13.1. The second kappa shape index (κ2) is 9.92. The molecule has 0 radical (unpaired) electrons. The summed E-state index contributed by atoms with van der Waals surface area (Å²) in [6.07, 6.45) is 2.38. The van der Waals surface area contributed by atoms with Crippen LogP contribution in [0, 0.1) is 0 Å². The summed E-state index contributed by atoms with van der Waals surface area (Å²) in [7, 11) is 1.57. The summed E-state index contributed by atoms with van der Waals surface area (Å²) >= 11 is 6.19. The van der Waals surface area contributed by atoms with Crippen molar-refractivity contribution in [2.24, 2.45) is 0 Å². The van der Waals surface area contributed by atoms with Crippen LogP contribution in [0.5, 0.6) is 5.75 Å². The smallest absolute Gasteiger partial charge is 0.246 e. The minimum Gasteiger partial charge on any atom is -0.495 e. The van der Waals surface area contributed by atoms with Crippen LogP contribution in [0.2, 0.25) is 5.02 Å². The molecule has 2 atom stereocenters. The van der Waals surface area contributed by atoms with E-state index in [2.05, 4.69) is 22.5 Å². The first-order valence-electron chi connectivity index (χ1n) is 9.79. The number of likely N-dealkylation sites (N-methyl/N-ethyl adjacent to an activating group) is 1. The highest BCUT2D eigenvalue weighted by Gasteiger charge is 2.26. The molecule has 2 aromatic rings. The molecule has 0 aliphatic carbocycles. The van der Waals surface area contributed by atoms with Gasteiger partial charge in [-0.3, -0.25) is 9.69 Å². The van der Waals surface area contributed by atoms with Crippen molar-refractivity contribution in [2.45, 2.75) is 31.8 Å². The molecule has 1 fully saturated rings. The van der Waals surface area contributed by atoms with E-state index >= 15 is 0 Å². The summed E-state index contributed by atoms with van der Waals surface area (Å²) in [5.74, 6) is 0.478. The minimum absolute atomic E-state index is 0.103. The first-order valence-corrected chi connectivity index (χ1v) is 10.2. The van der Waals surface area contributed by atoms with Gasteiger partial charge in [-0.1, -0.05) is 48.9 Å². The lowest BCUT2D eigenvalue weighted by atomic mass is 10.1. The number of nitrogens with one attached hydrogen (secondary N) is 2. The van der Waals surface area contributed by atoms with E-state index in [0.717, 1.165) is 31.6 Å². The predicted molar refractivity (Wildman–Crippen MR) is 114 cm³/mol. The Kier molecular flexibility index (Phi) is 7.31. The van der Waals surface area contributed by atoms with Gasteiger partial charge in [-0.05, 0) is 49.7 Å². The minimum atomic E-state index is -0.429. The van der Waals surface area contributed by atoms with Crippen molar-refractivity contribution >= 4 is 23.2 Å². The van der Waals surface area contributed by atoms with Crippen LogP contribution in [0.15, 0.2) is 48.5 Å². The Morgan fingerprint density at radius 2 is 2.07 bits per heavy atom. The standard InChI is InChI=1S/C22H28ClN3O2/c1-3-26-13-7-10-18(26)15-24-21(16-8-5-4-6-9-16)22(27)25-17-11-12-20(28-2)19(23)14-17/h4-6,8-9,11-12,14,18,21,24H,3,7,10,13,15H2,1-2H3,(H,25,27)/t18-,21+/m0/s1. The molecule has 3 rings (SSSR count). The monoisotopic (exact) mass is 401 g/mol. The Balaban J connectivity index is 1.73. The lowest BCUT2D eigenvalue weighted by molar-refractivity contribution is -0.118. The van der Waals surface area contributed by atoms with Crippen molar-refractivity contribution in [1.82, 2.24) is 10.2 Å². The van der Waals surface area contributed by atoms with Gasteiger partial charge in [0.05, 0.1) is 12.1 Å². The second-order valence-corrected chi connectivity index (χ2v) is 7.42. The molecule has 1 aliphatic heterocycles. The van der Waals surface area contributed by atoms with Gasteiger partial charge in [-0.15, -0.1) is 0 Å². The Hall–Kier alpha value is -2.08. The molecule has 0 aromatic heterocycles. The topological polar surface area (TPSA) is 53.6 Å². The molecule has 0 unspecified atom stereocenters. The van der Waals surface area contributed by atoms with Crippen molar-refractivity contribution in [3.05, 3.63) is 59.1 Å². The summed E-state index contributed by atoms with van der Waals surface area (Å²) in [6, 6.07) is 15.1. The van der Waals surface area contributed by atoms with Crippen molar-refractivity contribution in [3.63, 3.8) is 0 Å². The van der Waals surface area contributed by atoms with Crippen molar-refractivity contribution in [3.8, 4) is 5.75 Å². The highest BCUT2D eigenvalue weighted by atomic mass is 35.5. The molecule has 0 saturated carbocycles. The molecule has 150 valence electrons. The summed E-state index contributed by atoms with van der Waals surface area (Å²) < 4.78 is 5.18. The normalized spacial score (nSPS) is 18.0. The Labute approximate surface area is 172 Å². The number of amides is 1. The van der Waals surface area contributed by atoms with E-state index in [1.807, 2.05) is 30.3 Å². The molecule has 1 aliphatic rings. The van der Waals surface area contributed by atoms with Crippen LogP contribution in [0.4, 0.5) is 5.69 Å². The van der Waals surface area contributed by atoms with Crippen molar-refractivity contribution in [1.29, 1.82) is 0 Å². The highest BCUT2D eigenvalue weighted by molar-refractivity contribution is 6.32. The van der Waals surface area contributed by atoms with Crippen LogP contribution in [0.25, 0.3) is 0 Å². The summed E-state index contributed by atoms with van der Waals surface area (Å²) in [6.45, 7) is 5.14. The largest absolute Gasteiger partial charge is 0.495 e. The Morgan fingerprint density at radius 3 is 2.75 bits per heavy atom. The lowest BCUT2D eigenvalue weighted by Crippen LogP contribution is -2.42. The number of likely N-dealkylation sites (tertiary alicyclic amines) is 1. The van der Waals surface area contributed by atoms with E-state index < -0.39 is 6.04 Å². The van der Waals surface area contributed by atoms with Crippen LogP contribution < -0.4 is 15.4 Å². The fraction of sp³-hybridized carbons (Fsp3) is 0.409. The van der Waals surface area contributed by atoms with Gasteiger partial charge in [0.15, 0.2) is 0 Å². The van der Waals surface area contributed by atoms with Gasteiger partial charge in [-0.25, -0.2) is 0 Å². The number of nitrogens with zero attached hydrogens (tertiary/aromatic N) is 1. The van der Waals surface area contributed by atoms with Gasteiger partial charge in [0.25, 0.3) is 0 Å². The molecule has 2 aromatic carbocycles. The van der Waals surface area contributed by atoms with Crippen molar-refractivity contribution < 1.29 is 9.53 Å². The predicted octanol–water partition coefficient (Wildman–Crippen LogP) is 4.10. The third-order valence-electron chi connectivity index (χ3n) is 5.28. The molecule has 1 amide bonds. The van der Waals surface area contributed by atoms with E-state index in [4.69, 9.17) is 16.3 Å². The average Bonchev–Trinajstić information content (AvgIpc) is 3.17. The molecule has 28 heavy (non-hydrogen) atoms. The summed E-state index contributed by atoms with van der Waals surface area (Å²) in [4.78, 5) is 15.5. The molecular formula is C22H28ClN3O2. The van der Waals surface area contributed by atoms with E-state index in [1.165, 1.54) is 6.42 Å². The molecule has 5 nitrogen and oxygen atoms in total. The van der Waals surface area contributed by atoms with Crippen LogP contribution >= 0.6 is 11.6 Å². The average molecular weight is 402 g/mol. The number of carbonyl (C=O) groups excluding carboxylic acids is 1. The zero-order valence-corrected chi connectivity index (χ0v) is 17.2. The zero-order valence-electron chi connectivity index (χ0n) is 16.5. The first-order chi connectivity index (χ1) is 13.6. The number of anilines is 1. The molecule has 2 N–H and O–H groups in total. The Morgan fingerprint density at radius 1 is 1.29 bits per heavy atom. The zero-order chi connectivity index (χ0) is 19.9. The lowest BCUT2D eigenvalue weighted by Gasteiger charge is -2.26. The van der Waals surface area contributed by atoms with E-state index in [0.29, 0.717) is 22.5 Å². The van der Waals surface area contributed by atoms with Crippen LogP contribution in [0.1, 0.15) is 31.4 Å². The van der Waals surface area contributed by atoms with Crippen molar-refractivity contribution in [2.75, 3.05) is 32.1 Å². The molecule has 1 saturated heterocycles. The SMILES string of the molecule is CCN1CCC[C@H]1CN[C@@H](C(=O)Nc1ccc(OC)c(Cl)c1)c1ccccc1. The molecule has 1 heterocycles. The summed E-state index contributed by atoms with van der Waals surface area (Å²) in [5, 5.41) is 6.93. The number of rotatable bonds is 8. The van der Waals surface area contributed by atoms with Crippen LogP contribution in [-0.2, 0) is 4.79 Å². The fourth-order valence-electron chi connectivity index (χ4n) is 3.76. The number of ether oxygens (including phenoxy) is 1. The molecule has 6 heteroatoms. The Bertz CT molecular complexity index is 785. The van der Waals surface area contributed by atoms with Gasteiger partial charge in [0, 0.05) is 18.3 Å². The number of carbonyl (C=O) groups is 1. The van der Waals surface area contributed by atoms with Gasteiger partial charge in [0.1, 0.15) is 11.8 Å². The quantitative estimate of drug-likeness (QED) is 0.699. The van der Waals surface area contributed by atoms with E-state index in [1.54, 1.807) is 25.3 Å². The summed E-state index contributed by atoms with van der Waals surface area (Å²) in [5.41, 5.74) is 1.59. The third-order valence-corrected chi connectivity index (χ3v) is 5.57. The maximum absolute atomic E-state index is 13.1. The fourth-order valence-corrected chi connectivity index (χ4v) is 4.02. The molecule has 0 bridgehead atoms. The molecule has 0 spiro atoms. The number of benzene rings is 2. The number of hydrogen-bond donors (Lipinski definition) is 2. The van der Waals surface area contributed by atoms with Gasteiger partial charge in [-0.2, -0.15) is 0 Å². The number of halogens is 1. The van der Waals surface area contributed by atoms with Gasteiger partial charge < -0.3 is 15.4 Å². The van der Waals surface area contributed by atoms with E-state index in [-0.39, 0.29) is 5.91 Å². The third kappa shape index (κ3) is 5.04. The highest BCUT2D eigenvalue weighted by Crippen LogP contribution is 2.28. The molecular weight excluding hydrogens is 374 g/mol. The maximum Gasteiger partial charge on any atom is 0.246 e. The van der Waals surface area contributed by atoms with Gasteiger partial charge in [0.2, 0.25) is 5.91 Å². The van der Waals surface area contributed by atoms with E-state index in [9.17, 15) is 4.79 Å². The van der Waals surface area contributed by atoms with Gasteiger partial charge >= 0.3 is 0 Å². The van der Waals surface area contributed by atoms with Crippen LogP contribution in [0.3, 0.4) is 0 Å². The number of hydrogen-bond acceptors (Lipinski definition) is 4. The second-order valence-electron chi connectivity index (χ2n) is 7.02. The first kappa shape index (κ1) is 20.6. The number of methoxy groups -OCH3 is 1. The van der Waals surface area contributed by atoms with Crippen LogP contribution in [-0.4, -0.2) is 43.6 Å².